The summed E-state index contributed by atoms with van der Waals surface area (Å²) in [6.07, 6.45) is 6.18. The third-order valence-corrected chi connectivity index (χ3v) is 5.15. The van der Waals surface area contributed by atoms with Crippen molar-refractivity contribution in [3.63, 3.8) is 0 Å². The molecular formula is C17H29N5O2. The second-order valence-electron chi connectivity index (χ2n) is 6.82. The maximum Gasteiger partial charge on any atom is 0.237 e. The summed E-state index contributed by atoms with van der Waals surface area (Å²) in [5.41, 5.74) is 0. The average molecular weight is 335 g/mol. The molecule has 0 aliphatic carbocycles. The van der Waals surface area contributed by atoms with Gasteiger partial charge in [0.25, 0.3) is 0 Å². The average Bonchev–Trinajstić information content (AvgIpc) is 3.25. The van der Waals surface area contributed by atoms with Crippen molar-refractivity contribution in [1.82, 2.24) is 24.7 Å². The van der Waals surface area contributed by atoms with Crippen molar-refractivity contribution in [1.29, 1.82) is 0 Å². The van der Waals surface area contributed by atoms with Gasteiger partial charge in [-0.25, -0.2) is 4.98 Å². The molecule has 2 saturated heterocycles. The fraction of sp³-hybridized carbons (Fsp3) is 0.765. The van der Waals surface area contributed by atoms with E-state index < -0.39 is 0 Å². The molecule has 7 nitrogen and oxygen atoms in total. The monoisotopic (exact) mass is 335 g/mol. The van der Waals surface area contributed by atoms with Crippen LogP contribution >= 0.6 is 0 Å². The SMILES string of the molecule is C[C@@H](C(=O)NC[C@H]1CCCO1)N1CCN(Cc2nccn2C)CC1. The van der Waals surface area contributed by atoms with E-state index >= 15 is 0 Å². The number of amides is 1. The third kappa shape index (κ3) is 4.34. The van der Waals surface area contributed by atoms with Gasteiger partial charge in [0.15, 0.2) is 0 Å². The van der Waals surface area contributed by atoms with Crippen molar-refractivity contribution in [3.05, 3.63) is 18.2 Å². The molecule has 3 rings (SSSR count). The number of rotatable bonds is 6. The highest BCUT2D eigenvalue weighted by atomic mass is 16.5. The largest absolute Gasteiger partial charge is 0.376 e. The third-order valence-electron chi connectivity index (χ3n) is 5.15. The van der Waals surface area contributed by atoms with Crippen LogP contribution in [0.2, 0.25) is 0 Å². The molecule has 0 saturated carbocycles. The van der Waals surface area contributed by atoms with Crippen molar-refractivity contribution in [2.75, 3.05) is 39.3 Å². The summed E-state index contributed by atoms with van der Waals surface area (Å²) in [4.78, 5) is 21.4. The Kier molecular flexibility index (Phi) is 5.86. The molecule has 2 aliphatic heterocycles. The molecule has 134 valence electrons. The fourth-order valence-corrected chi connectivity index (χ4v) is 3.39. The molecule has 1 amide bonds. The highest BCUT2D eigenvalue weighted by molar-refractivity contribution is 5.81. The Morgan fingerprint density at radius 2 is 2.21 bits per heavy atom. The van der Waals surface area contributed by atoms with E-state index in [1.807, 2.05) is 26.4 Å². The first-order valence-electron chi connectivity index (χ1n) is 8.95. The maximum atomic E-state index is 12.3. The Labute approximate surface area is 144 Å². The number of nitrogens with zero attached hydrogens (tertiary/aromatic N) is 4. The normalized spacial score (nSPS) is 24.2. The number of hydrogen-bond donors (Lipinski definition) is 1. The lowest BCUT2D eigenvalue weighted by atomic mass is 10.2. The molecule has 0 bridgehead atoms. The molecule has 0 aromatic carbocycles. The van der Waals surface area contributed by atoms with E-state index in [4.69, 9.17) is 4.74 Å². The maximum absolute atomic E-state index is 12.3. The Hall–Kier alpha value is -1.44. The topological polar surface area (TPSA) is 62.6 Å². The first-order valence-corrected chi connectivity index (χ1v) is 8.95. The number of ether oxygens (including phenoxy) is 1. The number of aryl methyl sites for hydroxylation is 1. The molecule has 2 fully saturated rings. The minimum Gasteiger partial charge on any atom is -0.376 e. The lowest BCUT2D eigenvalue weighted by Gasteiger charge is -2.37. The van der Waals surface area contributed by atoms with Crippen LogP contribution in [0.3, 0.4) is 0 Å². The zero-order valence-corrected chi connectivity index (χ0v) is 14.8. The van der Waals surface area contributed by atoms with Crippen LogP contribution < -0.4 is 5.32 Å². The van der Waals surface area contributed by atoms with Gasteiger partial charge < -0.3 is 14.6 Å². The number of piperazine rings is 1. The minimum absolute atomic E-state index is 0.0817. The molecule has 1 aromatic heterocycles. The van der Waals surface area contributed by atoms with E-state index in [0.717, 1.165) is 58.0 Å². The molecule has 2 atom stereocenters. The smallest absolute Gasteiger partial charge is 0.237 e. The first kappa shape index (κ1) is 17.4. The molecule has 0 radical (unpaired) electrons. The fourth-order valence-electron chi connectivity index (χ4n) is 3.39. The number of carbonyl (C=O) groups excluding carboxylic acids is 1. The first-order chi connectivity index (χ1) is 11.6. The summed E-state index contributed by atoms with van der Waals surface area (Å²) >= 11 is 0. The quantitative estimate of drug-likeness (QED) is 0.806. The van der Waals surface area contributed by atoms with E-state index in [0.29, 0.717) is 6.54 Å². The molecule has 3 heterocycles. The van der Waals surface area contributed by atoms with Gasteiger partial charge in [0.2, 0.25) is 5.91 Å². The summed E-state index contributed by atoms with van der Waals surface area (Å²) in [6, 6.07) is -0.0817. The highest BCUT2D eigenvalue weighted by Gasteiger charge is 2.26. The van der Waals surface area contributed by atoms with Crippen LogP contribution in [-0.4, -0.2) is 76.7 Å². The van der Waals surface area contributed by atoms with E-state index in [9.17, 15) is 4.79 Å². The lowest BCUT2D eigenvalue weighted by Crippen LogP contribution is -2.54. The van der Waals surface area contributed by atoms with Crippen molar-refractivity contribution >= 4 is 5.91 Å². The van der Waals surface area contributed by atoms with Gasteiger partial charge in [-0.15, -0.1) is 0 Å². The molecule has 1 N–H and O–H groups in total. The number of hydrogen-bond acceptors (Lipinski definition) is 5. The van der Waals surface area contributed by atoms with Crippen LogP contribution in [0.4, 0.5) is 0 Å². The number of nitrogens with one attached hydrogen (secondary N) is 1. The molecule has 1 aromatic rings. The molecule has 0 unspecified atom stereocenters. The van der Waals surface area contributed by atoms with Gasteiger partial charge in [0.05, 0.1) is 18.7 Å². The number of aromatic nitrogens is 2. The van der Waals surface area contributed by atoms with Crippen molar-refractivity contribution < 1.29 is 9.53 Å². The van der Waals surface area contributed by atoms with Crippen molar-refractivity contribution in [2.45, 2.75) is 38.5 Å². The second-order valence-corrected chi connectivity index (χ2v) is 6.82. The van der Waals surface area contributed by atoms with Gasteiger partial charge in [0, 0.05) is 58.8 Å². The zero-order valence-electron chi connectivity index (χ0n) is 14.8. The molecule has 0 spiro atoms. The molecular weight excluding hydrogens is 306 g/mol. The van der Waals surface area contributed by atoms with E-state index in [1.165, 1.54) is 0 Å². The van der Waals surface area contributed by atoms with Gasteiger partial charge in [-0.1, -0.05) is 0 Å². The van der Waals surface area contributed by atoms with E-state index in [-0.39, 0.29) is 18.1 Å². The predicted molar refractivity (Wildman–Crippen MR) is 91.5 cm³/mol. The van der Waals surface area contributed by atoms with Crippen LogP contribution in [0.15, 0.2) is 12.4 Å². The zero-order chi connectivity index (χ0) is 16.9. The summed E-state index contributed by atoms with van der Waals surface area (Å²) < 4.78 is 7.62. The van der Waals surface area contributed by atoms with Crippen LogP contribution in [0, 0.1) is 0 Å². The molecule has 24 heavy (non-hydrogen) atoms. The number of imidazole rings is 1. The summed E-state index contributed by atoms with van der Waals surface area (Å²) in [5.74, 6) is 1.20. The highest BCUT2D eigenvalue weighted by Crippen LogP contribution is 2.12. The van der Waals surface area contributed by atoms with Gasteiger partial charge in [-0.05, 0) is 19.8 Å². The van der Waals surface area contributed by atoms with Gasteiger partial charge in [0.1, 0.15) is 5.82 Å². The second kappa shape index (κ2) is 8.09. The molecule has 2 aliphatic rings. The Balaban J connectivity index is 1.40. The summed E-state index contributed by atoms with van der Waals surface area (Å²) in [5, 5.41) is 3.04. The molecule has 7 heteroatoms. The Morgan fingerprint density at radius 3 is 2.83 bits per heavy atom. The van der Waals surface area contributed by atoms with E-state index in [1.54, 1.807) is 0 Å². The summed E-state index contributed by atoms with van der Waals surface area (Å²) in [6.45, 7) is 8.11. The van der Waals surface area contributed by atoms with Crippen molar-refractivity contribution in [3.8, 4) is 0 Å². The van der Waals surface area contributed by atoms with E-state index in [2.05, 4.69) is 24.7 Å². The van der Waals surface area contributed by atoms with Crippen LogP contribution in [0.1, 0.15) is 25.6 Å². The number of carbonyl (C=O) groups is 1. The Morgan fingerprint density at radius 1 is 1.42 bits per heavy atom. The van der Waals surface area contributed by atoms with Crippen LogP contribution in [0.5, 0.6) is 0 Å². The van der Waals surface area contributed by atoms with Crippen molar-refractivity contribution in [2.24, 2.45) is 7.05 Å². The minimum atomic E-state index is -0.0817. The van der Waals surface area contributed by atoms with Crippen LogP contribution in [-0.2, 0) is 23.1 Å². The predicted octanol–water partition coefficient (Wildman–Crippen LogP) is 0.221. The lowest BCUT2D eigenvalue weighted by molar-refractivity contribution is -0.127. The standard InChI is InChI=1S/C17H29N5O2/c1-14(17(23)19-12-15-4-3-11-24-15)22-9-7-21(8-10-22)13-16-18-5-6-20(16)2/h5-6,14-15H,3-4,7-13H2,1-2H3,(H,19,23)/t14-,15+/m0/s1. The Bertz CT molecular complexity index is 533. The summed E-state index contributed by atoms with van der Waals surface area (Å²) in [7, 11) is 2.03. The van der Waals surface area contributed by atoms with Crippen LogP contribution in [0.25, 0.3) is 0 Å². The van der Waals surface area contributed by atoms with Gasteiger partial charge in [-0.3, -0.25) is 14.6 Å². The van der Waals surface area contributed by atoms with Gasteiger partial charge in [-0.2, -0.15) is 0 Å². The van der Waals surface area contributed by atoms with Gasteiger partial charge >= 0.3 is 0 Å².